The van der Waals surface area contributed by atoms with Gasteiger partial charge < -0.3 is 0 Å². The van der Waals surface area contributed by atoms with Gasteiger partial charge in [0.2, 0.25) is 0 Å². The molecule has 0 spiro atoms. The molecular weight excluding hydrogens is 325 g/mol. The van der Waals surface area contributed by atoms with Crippen LogP contribution in [0.2, 0.25) is 3.93 Å². The van der Waals surface area contributed by atoms with E-state index < -0.39 is 19.6 Å². The van der Waals surface area contributed by atoms with Gasteiger partial charge in [0.1, 0.15) is 0 Å². The number of nitrogens with zero attached hydrogens (tertiary/aromatic N) is 1. The molecule has 4 nitrogen and oxygen atoms in total. The summed E-state index contributed by atoms with van der Waals surface area (Å²) in [7, 11) is 0. The first kappa shape index (κ1) is 14.1. The summed E-state index contributed by atoms with van der Waals surface area (Å²) in [5.41, 5.74) is 0. The van der Waals surface area contributed by atoms with Crippen molar-refractivity contribution in [1.82, 2.24) is 4.90 Å². The van der Waals surface area contributed by atoms with Crippen LogP contribution in [0.3, 0.4) is 0 Å². The fraction of sp³-hybridized carbons (Fsp3) is 1.00. The first-order valence-electron chi connectivity index (χ1n) is 6.67. The van der Waals surface area contributed by atoms with E-state index in [1.54, 1.807) is 0 Å². The third kappa shape index (κ3) is 3.15. The van der Waals surface area contributed by atoms with Crippen LogP contribution in [0.15, 0.2) is 0 Å². The molecule has 5 heteroatoms. The monoisotopic (exact) mass is 351 g/mol. The van der Waals surface area contributed by atoms with Crippen LogP contribution in [-0.4, -0.2) is 62.5 Å². The van der Waals surface area contributed by atoms with Gasteiger partial charge in [-0.1, -0.05) is 0 Å². The van der Waals surface area contributed by atoms with Crippen molar-refractivity contribution >= 4 is 19.6 Å². The molecule has 0 amide bonds. The molecule has 0 aromatic rings. The molecular formula is C12H25NO3Sn. The Morgan fingerprint density at radius 3 is 1.53 bits per heavy atom. The number of rotatable bonds is 1. The van der Waals surface area contributed by atoms with Crippen molar-refractivity contribution in [3.05, 3.63) is 0 Å². The van der Waals surface area contributed by atoms with Gasteiger partial charge in [0.05, 0.1) is 0 Å². The van der Waals surface area contributed by atoms with Crippen molar-refractivity contribution in [2.75, 3.05) is 19.6 Å². The summed E-state index contributed by atoms with van der Waals surface area (Å²) in [5, 5.41) is 0. The van der Waals surface area contributed by atoms with Gasteiger partial charge >= 0.3 is 110 Å². The number of hydrogen-bond acceptors (Lipinski definition) is 4. The molecule has 17 heavy (non-hydrogen) atoms. The normalized spacial score (nSPS) is 47.6. The van der Waals surface area contributed by atoms with Gasteiger partial charge in [-0.25, -0.2) is 0 Å². The standard InChI is InChI=1S/C9H18NO3.C3H7.Sn/c1-7(11)4-10(5-8(2)12)6-9(3)13;1-3-2;/h7-9H,4-6H2,1-3H3;3H,1-2H3;/q-3;;+3/t7-,8?,9?;;/m1../s1. The van der Waals surface area contributed by atoms with Gasteiger partial charge in [-0.3, -0.25) is 0 Å². The van der Waals surface area contributed by atoms with E-state index in [0.717, 1.165) is 19.6 Å². The maximum absolute atomic E-state index is 6.28. The summed E-state index contributed by atoms with van der Waals surface area (Å²) in [6, 6.07) is 0. The van der Waals surface area contributed by atoms with E-state index in [0.29, 0.717) is 3.93 Å². The van der Waals surface area contributed by atoms with Crippen molar-refractivity contribution in [3.63, 3.8) is 0 Å². The van der Waals surface area contributed by atoms with Crippen LogP contribution in [-0.2, 0) is 9.22 Å². The number of fused-ring (bicyclic) bond motifs is 6. The molecule has 0 saturated carbocycles. The van der Waals surface area contributed by atoms with Crippen molar-refractivity contribution in [2.24, 2.45) is 0 Å². The fourth-order valence-electron chi connectivity index (χ4n) is 2.76. The Balaban J connectivity index is 2.29. The van der Waals surface area contributed by atoms with Crippen LogP contribution < -0.4 is 0 Å². The summed E-state index contributed by atoms with van der Waals surface area (Å²) < 4.78 is 19.2. The molecule has 2 bridgehead atoms. The molecule has 3 fully saturated rings. The van der Waals surface area contributed by atoms with Crippen LogP contribution in [0, 0.1) is 0 Å². The van der Waals surface area contributed by atoms with Crippen LogP contribution in [0.5, 0.6) is 0 Å². The predicted octanol–water partition coefficient (Wildman–Crippen LogP) is 1.88. The van der Waals surface area contributed by atoms with E-state index in [9.17, 15) is 0 Å². The molecule has 3 rings (SSSR count). The van der Waals surface area contributed by atoms with Crippen LogP contribution in [0.1, 0.15) is 34.6 Å². The van der Waals surface area contributed by atoms with Crippen molar-refractivity contribution in [2.45, 2.75) is 56.9 Å². The van der Waals surface area contributed by atoms with Gasteiger partial charge in [0.15, 0.2) is 0 Å². The minimum atomic E-state index is -3.37. The van der Waals surface area contributed by atoms with E-state index >= 15 is 0 Å². The zero-order valence-corrected chi connectivity index (χ0v) is 14.5. The molecule has 0 radical (unpaired) electrons. The van der Waals surface area contributed by atoms with E-state index in [1.165, 1.54) is 0 Å². The third-order valence-electron chi connectivity index (χ3n) is 3.35. The van der Waals surface area contributed by atoms with Crippen molar-refractivity contribution in [3.8, 4) is 0 Å². The SMILES string of the molecule is CC1CN2CC(C)[O][Sn]([CH](C)C)([O]1)[O][C@H](C)C2. The third-order valence-corrected chi connectivity index (χ3v) is 13.6. The topological polar surface area (TPSA) is 30.9 Å². The molecule has 0 aromatic carbocycles. The van der Waals surface area contributed by atoms with Gasteiger partial charge in [-0.05, 0) is 0 Å². The molecule has 0 aromatic heterocycles. The Morgan fingerprint density at radius 2 is 1.24 bits per heavy atom. The molecule has 2 unspecified atom stereocenters. The summed E-state index contributed by atoms with van der Waals surface area (Å²) >= 11 is -3.37. The summed E-state index contributed by atoms with van der Waals surface area (Å²) in [4.78, 5) is 2.40. The van der Waals surface area contributed by atoms with Crippen molar-refractivity contribution < 1.29 is 9.22 Å². The van der Waals surface area contributed by atoms with E-state index in [-0.39, 0.29) is 18.3 Å². The van der Waals surface area contributed by atoms with Crippen LogP contribution in [0.4, 0.5) is 0 Å². The first-order valence-corrected chi connectivity index (χ1v) is 11.8. The summed E-state index contributed by atoms with van der Waals surface area (Å²) in [6.45, 7) is 13.8. The van der Waals surface area contributed by atoms with Gasteiger partial charge in [-0.15, -0.1) is 0 Å². The Morgan fingerprint density at radius 1 is 0.882 bits per heavy atom. The van der Waals surface area contributed by atoms with E-state index in [1.807, 2.05) is 0 Å². The minimum absolute atomic E-state index is 0.230. The summed E-state index contributed by atoms with van der Waals surface area (Å²) in [6.07, 6.45) is 0.689. The van der Waals surface area contributed by atoms with Crippen LogP contribution in [0.25, 0.3) is 0 Å². The van der Waals surface area contributed by atoms with Crippen LogP contribution >= 0.6 is 0 Å². The molecule has 3 aliphatic rings. The zero-order valence-electron chi connectivity index (χ0n) is 11.6. The predicted molar refractivity (Wildman–Crippen MR) is 68.9 cm³/mol. The molecule has 3 saturated heterocycles. The average Bonchev–Trinajstić information content (AvgIpc) is 2.11. The maximum atomic E-state index is 6.28. The molecule has 3 heterocycles. The summed E-state index contributed by atoms with van der Waals surface area (Å²) in [5.74, 6) is 0. The average molecular weight is 350 g/mol. The van der Waals surface area contributed by atoms with Crippen molar-refractivity contribution in [1.29, 1.82) is 0 Å². The molecule has 0 N–H and O–H groups in total. The Hall–Kier alpha value is 0.639. The van der Waals surface area contributed by atoms with Gasteiger partial charge in [-0.2, -0.15) is 0 Å². The second-order valence-electron chi connectivity index (χ2n) is 5.76. The zero-order chi connectivity index (χ0) is 12.6. The quantitative estimate of drug-likeness (QED) is 0.676. The number of hydrogen-bond donors (Lipinski definition) is 0. The second-order valence-corrected chi connectivity index (χ2v) is 14.5. The van der Waals surface area contributed by atoms with E-state index in [4.69, 9.17) is 9.22 Å². The second kappa shape index (κ2) is 5.33. The molecule has 3 aliphatic heterocycles. The van der Waals surface area contributed by atoms with Gasteiger partial charge in [0.25, 0.3) is 0 Å². The van der Waals surface area contributed by atoms with Gasteiger partial charge in [0, 0.05) is 0 Å². The Labute approximate surface area is 110 Å². The molecule has 100 valence electrons. The fourth-order valence-corrected chi connectivity index (χ4v) is 11.0. The Bertz CT molecular complexity index is 238. The Kier molecular flexibility index (Phi) is 4.40. The molecule has 3 atom stereocenters. The molecule has 0 aliphatic carbocycles. The first-order chi connectivity index (χ1) is 7.91. The van der Waals surface area contributed by atoms with E-state index in [2.05, 4.69) is 39.5 Å².